The minimum Gasteiger partial charge on any atom is -0.489 e. The van der Waals surface area contributed by atoms with E-state index in [0.717, 1.165) is 11.1 Å². The van der Waals surface area contributed by atoms with Crippen LogP contribution in [0.2, 0.25) is 0 Å². The molecule has 112 valence electrons. The van der Waals surface area contributed by atoms with Crippen molar-refractivity contribution in [1.82, 2.24) is 0 Å². The van der Waals surface area contributed by atoms with Gasteiger partial charge in [0.15, 0.2) is 5.78 Å². The van der Waals surface area contributed by atoms with Crippen LogP contribution < -0.4 is 4.74 Å². The largest absolute Gasteiger partial charge is 0.489 e. The normalized spacial score (nSPS) is 16.4. The van der Waals surface area contributed by atoms with Gasteiger partial charge in [-0.05, 0) is 23.3 Å². The molecule has 0 fully saturated rings. The van der Waals surface area contributed by atoms with Gasteiger partial charge >= 0.3 is 5.97 Å². The van der Waals surface area contributed by atoms with Crippen molar-refractivity contribution in [2.75, 3.05) is 0 Å². The maximum absolute atomic E-state index is 12.0. The molecule has 0 bridgehead atoms. The van der Waals surface area contributed by atoms with E-state index in [1.807, 2.05) is 36.4 Å². The van der Waals surface area contributed by atoms with Crippen molar-refractivity contribution in [1.29, 1.82) is 0 Å². The second-order valence-corrected chi connectivity index (χ2v) is 5.45. The number of Topliss-reactive ketones (excluding diaryl/α,β-unsaturated/α-hetero) is 1. The monoisotopic (exact) mass is 296 g/mol. The maximum atomic E-state index is 12.0. The number of carbonyl (C=O) groups is 2. The van der Waals surface area contributed by atoms with E-state index in [-0.39, 0.29) is 24.5 Å². The zero-order chi connectivity index (χ0) is 15.5. The Balaban J connectivity index is 1.75. The number of hydrogen-bond acceptors (Lipinski definition) is 3. The third kappa shape index (κ3) is 3.01. The summed E-state index contributed by atoms with van der Waals surface area (Å²) in [6.45, 7) is 0.437. The predicted molar refractivity (Wildman–Crippen MR) is 81.2 cm³/mol. The summed E-state index contributed by atoms with van der Waals surface area (Å²) in [6.07, 6.45) is 0.257. The van der Waals surface area contributed by atoms with Crippen molar-refractivity contribution >= 4 is 11.8 Å². The Morgan fingerprint density at radius 2 is 1.95 bits per heavy atom. The number of rotatable bonds is 5. The van der Waals surface area contributed by atoms with Crippen LogP contribution in [-0.2, 0) is 11.4 Å². The number of aliphatic carboxylic acids is 1. The Bertz CT molecular complexity index is 706. The van der Waals surface area contributed by atoms with Crippen LogP contribution in [-0.4, -0.2) is 16.9 Å². The number of benzene rings is 2. The molecule has 3 rings (SSSR count). The molecule has 0 heterocycles. The summed E-state index contributed by atoms with van der Waals surface area (Å²) in [6, 6.07) is 15.1. The molecule has 1 aliphatic carbocycles. The maximum Gasteiger partial charge on any atom is 0.303 e. The highest BCUT2D eigenvalue weighted by Crippen LogP contribution is 2.37. The summed E-state index contributed by atoms with van der Waals surface area (Å²) in [4.78, 5) is 22.9. The van der Waals surface area contributed by atoms with Crippen molar-refractivity contribution in [3.8, 4) is 5.75 Å². The summed E-state index contributed by atoms with van der Waals surface area (Å²) in [5, 5.41) is 8.91. The molecular weight excluding hydrogens is 280 g/mol. The standard InChI is InChI=1S/C18H16O4/c19-17-8-13(9-18(20)21)15-7-6-14(10-16(15)17)22-11-12-4-2-1-3-5-12/h1-7,10,13H,8-9,11H2,(H,20,21). The molecule has 2 aromatic carbocycles. The van der Waals surface area contributed by atoms with E-state index in [1.54, 1.807) is 12.1 Å². The summed E-state index contributed by atoms with van der Waals surface area (Å²) >= 11 is 0. The quantitative estimate of drug-likeness (QED) is 0.918. The summed E-state index contributed by atoms with van der Waals surface area (Å²) in [7, 11) is 0. The first-order valence-corrected chi connectivity index (χ1v) is 7.19. The topological polar surface area (TPSA) is 63.6 Å². The summed E-state index contributed by atoms with van der Waals surface area (Å²) in [5.41, 5.74) is 2.47. The molecule has 0 saturated carbocycles. The molecule has 0 aliphatic heterocycles. The van der Waals surface area contributed by atoms with Crippen LogP contribution >= 0.6 is 0 Å². The number of fused-ring (bicyclic) bond motifs is 1. The Morgan fingerprint density at radius 3 is 2.68 bits per heavy atom. The lowest BCUT2D eigenvalue weighted by Gasteiger charge is -2.10. The van der Waals surface area contributed by atoms with Crippen LogP contribution in [0.3, 0.4) is 0 Å². The molecule has 0 radical (unpaired) electrons. The SMILES string of the molecule is O=C(O)CC1CC(=O)c2cc(OCc3ccccc3)ccc21. The van der Waals surface area contributed by atoms with Crippen molar-refractivity contribution < 1.29 is 19.4 Å². The molecule has 22 heavy (non-hydrogen) atoms. The minimum absolute atomic E-state index is 0.00795. The summed E-state index contributed by atoms with van der Waals surface area (Å²) < 4.78 is 5.71. The number of carboxylic acid groups (broad SMARTS) is 1. The van der Waals surface area contributed by atoms with Gasteiger partial charge in [-0.1, -0.05) is 36.4 Å². The predicted octanol–water partition coefficient (Wildman–Crippen LogP) is 3.41. The molecule has 0 amide bonds. The number of ether oxygens (including phenoxy) is 1. The fourth-order valence-corrected chi connectivity index (χ4v) is 2.80. The average molecular weight is 296 g/mol. The first kappa shape index (κ1) is 14.3. The van der Waals surface area contributed by atoms with Gasteiger partial charge in [0.1, 0.15) is 12.4 Å². The average Bonchev–Trinajstić information content (AvgIpc) is 2.81. The summed E-state index contributed by atoms with van der Waals surface area (Å²) in [5.74, 6) is -0.475. The van der Waals surface area contributed by atoms with Gasteiger partial charge in [-0.2, -0.15) is 0 Å². The number of carboxylic acids is 1. The number of ketones is 1. The van der Waals surface area contributed by atoms with Gasteiger partial charge in [0, 0.05) is 17.9 Å². The highest BCUT2D eigenvalue weighted by molar-refractivity contribution is 6.02. The van der Waals surface area contributed by atoms with Crippen LogP contribution in [0.5, 0.6) is 5.75 Å². The Labute approximate surface area is 128 Å². The molecule has 1 unspecified atom stereocenters. The van der Waals surface area contributed by atoms with Gasteiger partial charge in [0.05, 0.1) is 6.42 Å². The van der Waals surface area contributed by atoms with E-state index in [1.165, 1.54) is 0 Å². The fourth-order valence-electron chi connectivity index (χ4n) is 2.80. The van der Waals surface area contributed by atoms with Crippen molar-refractivity contribution in [2.45, 2.75) is 25.4 Å². The molecule has 0 spiro atoms. The second-order valence-electron chi connectivity index (χ2n) is 5.45. The van der Waals surface area contributed by atoms with E-state index in [4.69, 9.17) is 9.84 Å². The zero-order valence-electron chi connectivity index (χ0n) is 12.0. The first-order valence-electron chi connectivity index (χ1n) is 7.19. The van der Waals surface area contributed by atoms with Crippen LogP contribution in [0, 0.1) is 0 Å². The lowest BCUT2D eigenvalue weighted by Crippen LogP contribution is -2.03. The molecule has 2 aromatic rings. The molecule has 1 N–H and O–H groups in total. The first-order chi connectivity index (χ1) is 10.6. The molecule has 4 nitrogen and oxygen atoms in total. The third-order valence-corrected chi connectivity index (χ3v) is 3.87. The Kier molecular flexibility index (Phi) is 3.92. The zero-order valence-corrected chi connectivity index (χ0v) is 12.0. The second kappa shape index (κ2) is 6.02. The highest BCUT2D eigenvalue weighted by atomic mass is 16.5. The van der Waals surface area contributed by atoms with Gasteiger partial charge < -0.3 is 9.84 Å². The van der Waals surface area contributed by atoms with Crippen molar-refractivity contribution in [2.24, 2.45) is 0 Å². The third-order valence-electron chi connectivity index (χ3n) is 3.87. The van der Waals surface area contributed by atoms with Gasteiger partial charge in [-0.3, -0.25) is 9.59 Å². The van der Waals surface area contributed by atoms with E-state index in [2.05, 4.69) is 0 Å². The molecule has 0 saturated heterocycles. The van der Waals surface area contributed by atoms with E-state index in [9.17, 15) is 9.59 Å². The molecule has 1 atom stereocenters. The molecule has 1 aliphatic rings. The van der Waals surface area contributed by atoms with Crippen LogP contribution in [0.15, 0.2) is 48.5 Å². The van der Waals surface area contributed by atoms with Crippen LogP contribution in [0.1, 0.15) is 40.2 Å². The fraction of sp³-hybridized carbons (Fsp3) is 0.222. The number of hydrogen-bond donors (Lipinski definition) is 1. The molecule has 0 aromatic heterocycles. The molecular formula is C18H16O4. The number of carbonyl (C=O) groups excluding carboxylic acids is 1. The van der Waals surface area contributed by atoms with Gasteiger partial charge in [0.25, 0.3) is 0 Å². The Morgan fingerprint density at radius 1 is 1.18 bits per heavy atom. The smallest absolute Gasteiger partial charge is 0.303 e. The van der Waals surface area contributed by atoms with E-state index >= 15 is 0 Å². The van der Waals surface area contributed by atoms with E-state index in [0.29, 0.717) is 17.9 Å². The lowest BCUT2D eigenvalue weighted by atomic mass is 9.98. The van der Waals surface area contributed by atoms with E-state index < -0.39 is 5.97 Å². The van der Waals surface area contributed by atoms with Gasteiger partial charge in [-0.15, -0.1) is 0 Å². The van der Waals surface area contributed by atoms with Crippen LogP contribution in [0.4, 0.5) is 0 Å². The highest BCUT2D eigenvalue weighted by Gasteiger charge is 2.31. The van der Waals surface area contributed by atoms with Gasteiger partial charge in [0.2, 0.25) is 0 Å². The minimum atomic E-state index is -0.880. The van der Waals surface area contributed by atoms with Gasteiger partial charge in [-0.25, -0.2) is 0 Å². The Hall–Kier alpha value is -2.62. The van der Waals surface area contributed by atoms with Crippen molar-refractivity contribution in [3.63, 3.8) is 0 Å². The lowest BCUT2D eigenvalue weighted by molar-refractivity contribution is -0.137. The van der Waals surface area contributed by atoms with Crippen molar-refractivity contribution in [3.05, 3.63) is 65.2 Å². The van der Waals surface area contributed by atoms with Crippen LogP contribution in [0.25, 0.3) is 0 Å². The molecule has 4 heteroatoms.